The van der Waals surface area contributed by atoms with E-state index in [2.05, 4.69) is 5.32 Å². The number of aryl methyl sites for hydroxylation is 1. The number of benzene rings is 2. The first-order valence-electron chi connectivity index (χ1n) is 7.89. The van der Waals surface area contributed by atoms with Gasteiger partial charge < -0.3 is 14.8 Å². The van der Waals surface area contributed by atoms with Gasteiger partial charge in [-0.05, 0) is 42.7 Å². The van der Waals surface area contributed by atoms with E-state index >= 15 is 0 Å². The van der Waals surface area contributed by atoms with Crippen LogP contribution >= 0.6 is 11.6 Å². The second-order valence-electron chi connectivity index (χ2n) is 6.13. The summed E-state index contributed by atoms with van der Waals surface area (Å²) < 4.78 is 24.8. The molecular formula is C19H21ClFNO3. The van der Waals surface area contributed by atoms with Gasteiger partial charge in [-0.15, -0.1) is 0 Å². The Bertz CT molecular complexity index is 778. The zero-order valence-corrected chi connectivity index (χ0v) is 15.4. The molecule has 2 rings (SSSR count). The number of rotatable bonds is 6. The quantitative estimate of drug-likeness (QED) is 0.776. The molecule has 0 aliphatic carbocycles. The molecule has 25 heavy (non-hydrogen) atoms. The molecule has 0 unspecified atom stereocenters. The molecule has 0 spiro atoms. The number of methoxy groups -OCH3 is 1. The minimum Gasteiger partial charge on any atom is -0.493 e. The van der Waals surface area contributed by atoms with E-state index in [1.807, 2.05) is 13.8 Å². The van der Waals surface area contributed by atoms with Gasteiger partial charge in [-0.25, -0.2) is 4.39 Å². The Morgan fingerprint density at radius 2 is 2.00 bits per heavy atom. The highest BCUT2D eigenvalue weighted by Gasteiger charge is 2.17. The van der Waals surface area contributed by atoms with Gasteiger partial charge in [0, 0.05) is 5.56 Å². The number of amides is 1. The molecule has 2 aromatic carbocycles. The highest BCUT2D eigenvalue weighted by molar-refractivity contribution is 6.32. The van der Waals surface area contributed by atoms with Gasteiger partial charge in [0.05, 0.1) is 24.4 Å². The van der Waals surface area contributed by atoms with Crippen molar-refractivity contribution in [3.8, 4) is 11.5 Å². The van der Waals surface area contributed by atoms with E-state index in [1.54, 1.807) is 13.0 Å². The first-order valence-corrected chi connectivity index (χ1v) is 8.27. The van der Waals surface area contributed by atoms with Crippen molar-refractivity contribution in [3.05, 3.63) is 52.3 Å². The summed E-state index contributed by atoms with van der Waals surface area (Å²) in [4.78, 5) is 12.4. The Morgan fingerprint density at radius 3 is 2.60 bits per heavy atom. The van der Waals surface area contributed by atoms with E-state index in [4.69, 9.17) is 21.1 Å². The lowest BCUT2D eigenvalue weighted by molar-refractivity contribution is 0.102. The van der Waals surface area contributed by atoms with Gasteiger partial charge in [0.25, 0.3) is 5.91 Å². The van der Waals surface area contributed by atoms with Gasteiger partial charge in [0.15, 0.2) is 11.5 Å². The molecule has 2 aromatic rings. The first kappa shape index (κ1) is 19.1. The van der Waals surface area contributed by atoms with Crippen molar-refractivity contribution in [2.45, 2.75) is 20.8 Å². The predicted octanol–water partition coefficient (Wildman–Crippen LogP) is 5.08. The fourth-order valence-corrected chi connectivity index (χ4v) is 2.42. The van der Waals surface area contributed by atoms with E-state index < -0.39 is 11.7 Å². The third-order valence-electron chi connectivity index (χ3n) is 3.43. The molecule has 0 bridgehead atoms. The molecule has 4 nitrogen and oxygen atoms in total. The maximum Gasteiger partial charge on any atom is 0.255 e. The smallest absolute Gasteiger partial charge is 0.255 e. The lowest BCUT2D eigenvalue weighted by Gasteiger charge is -2.15. The van der Waals surface area contributed by atoms with Crippen LogP contribution in [0, 0.1) is 18.7 Å². The lowest BCUT2D eigenvalue weighted by Crippen LogP contribution is -2.14. The molecule has 0 saturated carbocycles. The van der Waals surface area contributed by atoms with Crippen LogP contribution < -0.4 is 14.8 Å². The second kappa shape index (κ2) is 8.21. The maximum atomic E-state index is 13.9. The number of carbonyl (C=O) groups is 1. The Kier molecular flexibility index (Phi) is 6.26. The molecule has 0 atom stereocenters. The molecule has 0 saturated heterocycles. The molecule has 1 amide bonds. The van der Waals surface area contributed by atoms with E-state index in [9.17, 15) is 9.18 Å². The zero-order chi connectivity index (χ0) is 18.6. The topological polar surface area (TPSA) is 47.6 Å². The molecule has 0 aliphatic heterocycles. The van der Waals surface area contributed by atoms with Crippen LogP contribution in [-0.4, -0.2) is 19.6 Å². The Labute approximate surface area is 151 Å². The molecule has 0 aliphatic rings. The highest BCUT2D eigenvalue weighted by Crippen LogP contribution is 2.37. The van der Waals surface area contributed by atoms with E-state index in [1.165, 1.54) is 31.4 Å². The number of anilines is 1. The number of halogens is 2. The van der Waals surface area contributed by atoms with Crippen LogP contribution in [-0.2, 0) is 0 Å². The minimum atomic E-state index is -0.497. The van der Waals surface area contributed by atoms with Crippen LogP contribution in [0.2, 0.25) is 5.02 Å². The molecule has 6 heteroatoms. The van der Waals surface area contributed by atoms with Gasteiger partial charge in [-0.3, -0.25) is 4.79 Å². The summed E-state index contributed by atoms with van der Waals surface area (Å²) in [5, 5.41) is 2.79. The summed E-state index contributed by atoms with van der Waals surface area (Å²) in [6.07, 6.45) is 0. The fraction of sp³-hybridized carbons (Fsp3) is 0.316. The Balaban J connectivity index is 2.26. The summed E-state index contributed by atoms with van der Waals surface area (Å²) in [6.45, 7) is 6.27. The standard InChI is InChI=1S/C19H21ClFNO3/c1-11(2)10-25-18-14(20)8-13(9-17(18)24-4)19(23)22-16-6-5-12(3)7-15(16)21/h5-9,11H,10H2,1-4H3,(H,22,23). The Morgan fingerprint density at radius 1 is 1.28 bits per heavy atom. The number of hydrogen-bond acceptors (Lipinski definition) is 3. The van der Waals surface area contributed by atoms with Crippen molar-refractivity contribution in [3.63, 3.8) is 0 Å². The monoisotopic (exact) mass is 365 g/mol. The maximum absolute atomic E-state index is 13.9. The van der Waals surface area contributed by atoms with Crippen molar-refractivity contribution in [2.75, 3.05) is 19.0 Å². The summed E-state index contributed by atoms with van der Waals surface area (Å²) in [5.74, 6) is 0.0635. The van der Waals surface area contributed by atoms with Gasteiger partial charge >= 0.3 is 0 Å². The van der Waals surface area contributed by atoms with Crippen molar-refractivity contribution in [1.29, 1.82) is 0 Å². The summed E-state index contributed by atoms with van der Waals surface area (Å²) in [6, 6.07) is 7.58. The summed E-state index contributed by atoms with van der Waals surface area (Å²) in [5.41, 5.74) is 1.12. The fourth-order valence-electron chi connectivity index (χ4n) is 2.16. The molecular weight excluding hydrogens is 345 g/mol. The van der Waals surface area contributed by atoms with Crippen LogP contribution in [0.1, 0.15) is 29.8 Å². The van der Waals surface area contributed by atoms with Crippen molar-refractivity contribution in [1.82, 2.24) is 0 Å². The predicted molar refractivity (Wildman–Crippen MR) is 97.4 cm³/mol. The van der Waals surface area contributed by atoms with Gasteiger partial charge in [-0.2, -0.15) is 0 Å². The lowest BCUT2D eigenvalue weighted by atomic mass is 10.1. The number of hydrogen-bond donors (Lipinski definition) is 1. The van der Waals surface area contributed by atoms with Gasteiger partial charge in [-0.1, -0.05) is 31.5 Å². The van der Waals surface area contributed by atoms with E-state index in [0.717, 1.165) is 5.56 Å². The molecule has 0 fully saturated rings. The van der Waals surface area contributed by atoms with Crippen LogP contribution in [0.25, 0.3) is 0 Å². The molecule has 0 heterocycles. The third-order valence-corrected chi connectivity index (χ3v) is 3.71. The number of carbonyl (C=O) groups excluding carboxylic acids is 1. The Hall–Kier alpha value is -2.27. The van der Waals surface area contributed by atoms with Gasteiger partial charge in [0.1, 0.15) is 5.82 Å². The van der Waals surface area contributed by atoms with Crippen LogP contribution in [0.5, 0.6) is 11.5 Å². The highest BCUT2D eigenvalue weighted by atomic mass is 35.5. The summed E-state index contributed by atoms with van der Waals surface area (Å²) in [7, 11) is 1.47. The second-order valence-corrected chi connectivity index (χ2v) is 6.54. The van der Waals surface area contributed by atoms with Crippen LogP contribution in [0.3, 0.4) is 0 Å². The third kappa shape index (κ3) is 4.86. The number of nitrogens with one attached hydrogen (secondary N) is 1. The normalized spacial score (nSPS) is 10.7. The van der Waals surface area contributed by atoms with Crippen molar-refractivity contribution < 1.29 is 18.7 Å². The molecule has 0 radical (unpaired) electrons. The molecule has 134 valence electrons. The van der Waals surface area contributed by atoms with E-state index in [-0.39, 0.29) is 16.3 Å². The van der Waals surface area contributed by atoms with Crippen molar-refractivity contribution in [2.24, 2.45) is 5.92 Å². The summed E-state index contributed by atoms with van der Waals surface area (Å²) >= 11 is 6.24. The van der Waals surface area contributed by atoms with Gasteiger partial charge in [0.2, 0.25) is 0 Å². The van der Waals surface area contributed by atoms with Crippen LogP contribution in [0.15, 0.2) is 30.3 Å². The molecule has 0 aromatic heterocycles. The SMILES string of the molecule is COc1cc(C(=O)Nc2ccc(C)cc2F)cc(Cl)c1OCC(C)C. The van der Waals surface area contributed by atoms with Crippen molar-refractivity contribution >= 4 is 23.2 Å². The minimum absolute atomic E-state index is 0.103. The number of ether oxygens (including phenoxy) is 2. The molecule has 1 N–H and O–H groups in total. The van der Waals surface area contributed by atoms with Crippen LogP contribution in [0.4, 0.5) is 10.1 Å². The largest absolute Gasteiger partial charge is 0.493 e. The zero-order valence-electron chi connectivity index (χ0n) is 14.7. The first-order chi connectivity index (χ1) is 11.8. The van der Waals surface area contributed by atoms with E-state index in [0.29, 0.717) is 24.0 Å². The average Bonchev–Trinajstić information content (AvgIpc) is 2.55. The average molecular weight is 366 g/mol.